The van der Waals surface area contributed by atoms with Crippen LogP contribution in [-0.2, 0) is 6.42 Å². The highest BCUT2D eigenvalue weighted by Gasteiger charge is 2.22. The maximum absolute atomic E-state index is 5.39. The highest BCUT2D eigenvalue weighted by atomic mass is 16.5. The van der Waals surface area contributed by atoms with Crippen LogP contribution in [0.2, 0.25) is 0 Å². The van der Waals surface area contributed by atoms with Crippen molar-refractivity contribution in [2.45, 2.75) is 44.6 Å². The molecular formula is C13H22N4O. The molecule has 1 aromatic rings. The van der Waals surface area contributed by atoms with Gasteiger partial charge in [0.1, 0.15) is 0 Å². The van der Waals surface area contributed by atoms with Gasteiger partial charge in [-0.25, -0.2) is 0 Å². The van der Waals surface area contributed by atoms with Gasteiger partial charge >= 0.3 is 0 Å². The average Bonchev–Trinajstić information content (AvgIpc) is 2.89. The van der Waals surface area contributed by atoms with Crippen LogP contribution in [-0.4, -0.2) is 29.8 Å². The molecule has 0 aliphatic carbocycles. The van der Waals surface area contributed by atoms with Crippen molar-refractivity contribution >= 4 is 0 Å². The van der Waals surface area contributed by atoms with Gasteiger partial charge < -0.3 is 15.2 Å². The molecule has 2 atom stereocenters. The lowest BCUT2D eigenvalue weighted by Gasteiger charge is -2.21. The van der Waals surface area contributed by atoms with E-state index in [1.807, 2.05) is 0 Å². The van der Waals surface area contributed by atoms with Gasteiger partial charge in [0.25, 0.3) is 0 Å². The van der Waals surface area contributed by atoms with E-state index < -0.39 is 0 Å². The van der Waals surface area contributed by atoms with E-state index >= 15 is 0 Å². The molecule has 5 nitrogen and oxygen atoms in total. The predicted molar refractivity (Wildman–Crippen MR) is 68.2 cm³/mol. The maximum atomic E-state index is 5.39. The summed E-state index contributed by atoms with van der Waals surface area (Å²) in [5.41, 5.74) is 0. The SMILES string of the molecule is C1CCC(c2noc(CC3CCCNC3)n2)NC1. The summed E-state index contributed by atoms with van der Waals surface area (Å²) in [5.74, 6) is 2.32. The molecule has 2 fully saturated rings. The summed E-state index contributed by atoms with van der Waals surface area (Å²) in [6, 6.07) is 0.306. The Morgan fingerprint density at radius 2 is 2.17 bits per heavy atom. The minimum atomic E-state index is 0.306. The second kappa shape index (κ2) is 5.80. The van der Waals surface area contributed by atoms with E-state index in [1.165, 1.54) is 25.7 Å². The molecule has 0 radical (unpaired) electrons. The second-order valence-electron chi connectivity index (χ2n) is 5.47. The topological polar surface area (TPSA) is 63.0 Å². The maximum Gasteiger partial charge on any atom is 0.227 e. The number of hydrogen-bond acceptors (Lipinski definition) is 5. The monoisotopic (exact) mass is 250 g/mol. The van der Waals surface area contributed by atoms with Crippen molar-refractivity contribution < 1.29 is 4.52 Å². The molecule has 5 heteroatoms. The second-order valence-corrected chi connectivity index (χ2v) is 5.47. The Hall–Kier alpha value is -0.940. The first kappa shape index (κ1) is 12.1. The fourth-order valence-corrected chi connectivity index (χ4v) is 2.91. The largest absolute Gasteiger partial charge is 0.339 e. The van der Waals surface area contributed by atoms with Crippen molar-refractivity contribution in [3.8, 4) is 0 Å². The van der Waals surface area contributed by atoms with Crippen LogP contribution >= 0.6 is 0 Å². The van der Waals surface area contributed by atoms with Crippen LogP contribution in [0.25, 0.3) is 0 Å². The summed E-state index contributed by atoms with van der Waals surface area (Å²) >= 11 is 0. The highest BCUT2D eigenvalue weighted by molar-refractivity contribution is 4.96. The van der Waals surface area contributed by atoms with Crippen LogP contribution in [0.4, 0.5) is 0 Å². The Labute approximate surface area is 108 Å². The third-order valence-corrected chi connectivity index (χ3v) is 3.97. The van der Waals surface area contributed by atoms with Gasteiger partial charge in [-0.3, -0.25) is 0 Å². The van der Waals surface area contributed by atoms with Gasteiger partial charge in [-0.1, -0.05) is 11.6 Å². The molecule has 1 aromatic heterocycles. The normalized spacial score (nSPS) is 29.3. The van der Waals surface area contributed by atoms with E-state index in [0.29, 0.717) is 12.0 Å². The molecule has 0 saturated carbocycles. The Balaban J connectivity index is 1.58. The number of aromatic nitrogens is 2. The van der Waals surface area contributed by atoms with Crippen LogP contribution < -0.4 is 10.6 Å². The zero-order valence-corrected chi connectivity index (χ0v) is 10.8. The minimum Gasteiger partial charge on any atom is -0.339 e. The van der Waals surface area contributed by atoms with Gasteiger partial charge in [0.15, 0.2) is 5.82 Å². The van der Waals surface area contributed by atoms with Gasteiger partial charge in [-0.05, 0) is 51.2 Å². The molecular weight excluding hydrogens is 228 g/mol. The molecule has 2 saturated heterocycles. The fourth-order valence-electron chi connectivity index (χ4n) is 2.91. The molecule has 0 spiro atoms. The van der Waals surface area contributed by atoms with Gasteiger partial charge in [0.2, 0.25) is 5.89 Å². The third-order valence-electron chi connectivity index (χ3n) is 3.97. The first-order chi connectivity index (χ1) is 8.92. The van der Waals surface area contributed by atoms with Gasteiger partial charge in [-0.2, -0.15) is 4.98 Å². The molecule has 0 aromatic carbocycles. The van der Waals surface area contributed by atoms with Crippen molar-refractivity contribution in [3.05, 3.63) is 11.7 Å². The van der Waals surface area contributed by atoms with Crippen molar-refractivity contribution in [1.82, 2.24) is 20.8 Å². The summed E-state index contributed by atoms with van der Waals surface area (Å²) in [5, 5.41) is 11.0. The van der Waals surface area contributed by atoms with E-state index in [2.05, 4.69) is 20.8 Å². The zero-order chi connectivity index (χ0) is 12.2. The molecule has 2 aliphatic rings. The molecule has 18 heavy (non-hydrogen) atoms. The van der Waals surface area contributed by atoms with Gasteiger partial charge in [0, 0.05) is 6.42 Å². The minimum absolute atomic E-state index is 0.306. The van der Waals surface area contributed by atoms with E-state index in [4.69, 9.17) is 4.52 Å². The average molecular weight is 250 g/mol. The standard InChI is InChI=1S/C13H22N4O/c1-2-7-15-11(5-1)13-16-12(18-17-13)8-10-4-3-6-14-9-10/h10-11,14-15H,1-9H2. The van der Waals surface area contributed by atoms with Crippen LogP contribution in [0, 0.1) is 5.92 Å². The molecule has 2 unspecified atom stereocenters. The summed E-state index contributed by atoms with van der Waals surface area (Å²) in [6.45, 7) is 3.30. The lowest BCUT2D eigenvalue weighted by Crippen LogP contribution is -2.31. The van der Waals surface area contributed by atoms with E-state index in [9.17, 15) is 0 Å². The number of rotatable bonds is 3. The van der Waals surface area contributed by atoms with Crippen LogP contribution in [0.5, 0.6) is 0 Å². The zero-order valence-electron chi connectivity index (χ0n) is 10.8. The molecule has 0 bridgehead atoms. The number of nitrogens with zero attached hydrogens (tertiary/aromatic N) is 2. The van der Waals surface area contributed by atoms with E-state index in [0.717, 1.165) is 44.2 Å². The van der Waals surface area contributed by atoms with Gasteiger partial charge in [-0.15, -0.1) is 0 Å². The number of piperidine rings is 2. The number of hydrogen-bond donors (Lipinski definition) is 2. The van der Waals surface area contributed by atoms with Gasteiger partial charge in [0.05, 0.1) is 6.04 Å². The Kier molecular flexibility index (Phi) is 3.90. The first-order valence-electron chi connectivity index (χ1n) is 7.18. The van der Waals surface area contributed by atoms with Crippen LogP contribution in [0.1, 0.15) is 49.9 Å². The predicted octanol–water partition coefficient (Wildman–Crippen LogP) is 1.43. The fraction of sp³-hybridized carbons (Fsp3) is 0.846. The summed E-state index contributed by atoms with van der Waals surface area (Å²) in [6.07, 6.45) is 7.10. The first-order valence-corrected chi connectivity index (χ1v) is 7.18. The lowest BCUT2D eigenvalue weighted by molar-refractivity contribution is 0.310. The smallest absolute Gasteiger partial charge is 0.227 e. The molecule has 0 amide bonds. The molecule has 3 rings (SSSR count). The number of nitrogens with one attached hydrogen (secondary N) is 2. The summed E-state index contributed by atoms with van der Waals surface area (Å²) < 4.78 is 5.39. The van der Waals surface area contributed by atoms with Crippen molar-refractivity contribution in [1.29, 1.82) is 0 Å². The molecule has 2 aliphatic heterocycles. The summed E-state index contributed by atoms with van der Waals surface area (Å²) in [4.78, 5) is 4.56. The lowest BCUT2D eigenvalue weighted by atomic mass is 9.96. The Morgan fingerprint density at radius 1 is 1.17 bits per heavy atom. The molecule has 3 heterocycles. The van der Waals surface area contributed by atoms with E-state index in [1.54, 1.807) is 0 Å². The summed E-state index contributed by atoms with van der Waals surface area (Å²) in [7, 11) is 0. The van der Waals surface area contributed by atoms with Crippen molar-refractivity contribution in [2.75, 3.05) is 19.6 Å². The molecule has 2 N–H and O–H groups in total. The Bertz CT molecular complexity index is 367. The third kappa shape index (κ3) is 2.90. The Morgan fingerprint density at radius 3 is 2.94 bits per heavy atom. The quantitative estimate of drug-likeness (QED) is 0.849. The molecule has 100 valence electrons. The van der Waals surface area contributed by atoms with E-state index in [-0.39, 0.29) is 0 Å². The van der Waals surface area contributed by atoms with Crippen molar-refractivity contribution in [3.63, 3.8) is 0 Å². The highest BCUT2D eigenvalue weighted by Crippen LogP contribution is 2.21. The van der Waals surface area contributed by atoms with Crippen LogP contribution in [0.3, 0.4) is 0 Å². The van der Waals surface area contributed by atoms with Crippen LogP contribution in [0.15, 0.2) is 4.52 Å². The van der Waals surface area contributed by atoms with Crippen molar-refractivity contribution in [2.24, 2.45) is 5.92 Å².